The van der Waals surface area contributed by atoms with Crippen LogP contribution in [0.4, 0.5) is 5.69 Å². The van der Waals surface area contributed by atoms with Gasteiger partial charge in [-0.2, -0.15) is 0 Å². The Morgan fingerprint density at radius 1 is 1.41 bits per heavy atom. The van der Waals surface area contributed by atoms with E-state index in [-0.39, 0.29) is 18.4 Å². The van der Waals surface area contributed by atoms with Gasteiger partial charge in [0.15, 0.2) is 0 Å². The quantitative estimate of drug-likeness (QED) is 0.868. The van der Waals surface area contributed by atoms with Crippen molar-refractivity contribution in [3.63, 3.8) is 0 Å². The Morgan fingerprint density at radius 2 is 2.18 bits per heavy atom. The molecule has 0 aliphatic carbocycles. The summed E-state index contributed by atoms with van der Waals surface area (Å²) in [5, 5.41) is 3.02. The number of carbonyl (C=O) groups is 2. The maximum absolute atomic E-state index is 12.6. The van der Waals surface area contributed by atoms with Crippen molar-refractivity contribution in [2.45, 2.75) is 26.7 Å². The lowest BCUT2D eigenvalue weighted by Gasteiger charge is -2.31. The number of esters is 1. The Morgan fingerprint density at radius 3 is 2.82 bits per heavy atom. The summed E-state index contributed by atoms with van der Waals surface area (Å²) in [6, 6.07) is 5.54. The number of hydrogen-bond donors (Lipinski definition) is 1. The van der Waals surface area contributed by atoms with Crippen molar-refractivity contribution >= 4 is 17.6 Å². The molecule has 2 rings (SSSR count). The number of carbonyl (C=O) groups excluding carboxylic acids is 2. The third kappa shape index (κ3) is 4.00. The lowest BCUT2D eigenvalue weighted by Crippen LogP contribution is -2.39. The van der Waals surface area contributed by atoms with Crippen LogP contribution in [0.2, 0.25) is 0 Å². The molecule has 1 aromatic carbocycles. The van der Waals surface area contributed by atoms with Crippen LogP contribution in [0.3, 0.4) is 0 Å². The largest absolute Gasteiger partial charge is 0.468 e. The van der Waals surface area contributed by atoms with Gasteiger partial charge in [0.05, 0.1) is 7.11 Å². The lowest BCUT2D eigenvalue weighted by molar-refractivity contribution is -0.138. The van der Waals surface area contributed by atoms with Crippen LogP contribution in [-0.2, 0) is 9.53 Å². The molecule has 120 valence electrons. The van der Waals surface area contributed by atoms with E-state index in [0.29, 0.717) is 11.5 Å². The van der Waals surface area contributed by atoms with Crippen molar-refractivity contribution in [3.05, 3.63) is 29.3 Å². The highest BCUT2D eigenvalue weighted by molar-refractivity contribution is 5.95. The zero-order valence-electron chi connectivity index (χ0n) is 13.5. The van der Waals surface area contributed by atoms with E-state index in [1.54, 1.807) is 0 Å². The molecule has 5 nitrogen and oxygen atoms in total. The molecule has 1 aromatic rings. The molecule has 0 spiro atoms. The number of ether oxygens (including phenoxy) is 1. The summed E-state index contributed by atoms with van der Waals surface area (Å²) in [7, 11) is 1.36. The fraction of sp³-hybridized carbons (Fsp3) is 0.529. The molecule has 1 aliphatic heterocycles. The molecule has 0 bridgehead atoms. The Kier molecular flexibility index (Phi) is 5.41. The number of likely N-dealkylation sites (tertiary alicyclic amines) is 1. The van der Waals surface area contributed by atoms with Gasteiger partial charge in [-0.3, -0.25) is 9.59 Å². The highest BCUT2D eigenvalue weighted by atomic mass is 16.5. The zero-order chi connectivity index (χ0) is 16.1. The second-order valence-corrected chi connectivity index (χ2v) is 5.96. The molecule has 1 aliphatic rings. The highest BCUT2D eigenvalue weighted by Crippen LogP contribution is 2.21. The molecular weight excluding hydrogens is 280 g/mol. The van der Waals surface area contributed by atoms with Crippen molar-refractivity contribution in [1.29, 1.82) is 0 Å². The molecule has 0 unspecified atom stereocenters. The van der Waals surface area contributed by atoms with Gasteiger partial charge in [-0.25, -0.2) is 0 Å². The second-order valence-electron chi connectivity index (χ2n) is 5.96. The minimum Gasteiger partial charge on any atom is -0.468 e. The first-order valence-electron chi connectivity index (χ1n) is 7.72. The number of nitrogens with zero attached hydrogens (tertiary/aromatic N) is 1. The number of amides is 1. The molecule has 1 atom stereocenters. The maximum atomic E-state index is 12.6. The van der Waals surface area contributed by atoms with Gasteiger partial charge in [-0.05, 0) is 49.4 Å². The fourth-order valence-electron chi connectivity index (χ4n) is 2.79. The van der Waals surface area contributed by atoms with Gasteiger partial charge >= 0.3 is 5.97 Å². The SMILES string of the molecule is COC(=O)CNc1ccc(C(=O)N2CCC[C@H](C)C2)cc1C. The van der Waals surface area contributed by atoms with Gasteiger partial charge in [0.25, 0.3) is 5.91 Å². The third-order valence-corrected chi connectivity index (χ3v) is 4.07. The smallest absolute Gasteiger partial charge is 0.325 e. The van der Waals surface area contributed by atoms with Crippen LogP contribution in [0, 0.1) is 12.8 Å². The van der Waals surface area contributed by atoms with Crippen LogP contribution < -0.4 is 5.32 Å². The van der Waals surface area contributed by atoms with Crippen LogP contribution in [0.15, 0.2) is 18.2 Å². The van der Waals surface area contributed by atoms with Gasteiger partial charge in [0.2, 0.25) is 0 Å². The van der Waals surface area contributed by atoms with E-state index in [2.05, 4.69) is 17.0 Å². The van der Waals surface area contributed by atoms with Crippen molar-refractivity contribution in [2.24, 2.45) is 5.92 Å². The van der Waals surface area contributed by atoms with Crippen LogP contribution >= 0.6 is 0 Å². The summed E-state index contributed by atoms with van der Waals surface area (Å²) in [6.07, 6.45) is 2.27. The molecule has 0 saturated carbocycles. The minimum atomic E-state index is -0.318. The molecule has 5 heteroatoms. The zero-order valence-corrected chi connectivity index (χ0v) is 13.5. The molecule has 22 heavy (non-hydrogen) atoms. The average Bonchev–Trinajstić information content (AvgIpc) is 2.52. The summed E-state index contributed by atoms with van der Waals surface area (Å²) >= 11 is 0. The van der Waals surface area contributed by atoms with Gasteiger partial charge in [0, 0.05) is 24.3 Å². The number of nitrogens with one attached hydrogen (secondary N) is 1. The number of piperidine rings is 1. The first kappa shape index (κ1) is 16.3. The molecule has 1 N–H and O–H groups in total. The van der Waals surface area contributed by atoms with Gasteiger partial charge in [-0.15, -0.1) is 0 Å². The highest BCUT2D eigenvalue weighted by Gasteiger charge is 2.22. The summed E-state index contributed by atoms with van der Waals surface area (Å²) in [6.45, 7) is 5.90. The van der Waals surface area contributed by atoms with Crippen molar-refractivity contribution in [2.75, 3.05) is 32.1 Å². The van der Waals surface area contributed by atoms with E-state index in [1.807, 2.05) is 30.0 Å². The maximum Gasteiger partial charge on any atom is 0.325 e. The van der Waals surface area contributed by atoms with Crippen molar-refractivity contribution < 1.29 is 14.3 Å². The monoisotopic (exact) mass is 304 g/mol. The summed E-state index contributed by atoms with van der Waals surface area (Å²) in [4.78, 5) is 25.7. The molecule has 1 fully saturated rings. The Bertz CT molecular complexity index is 557. The Balaban J connectivity index is 2.04. The van der Waals surface area contributed by atoms with E-state index in [9.17, 15) is 9.59 Å². The van der Waals surface area contributed by atoms with E-state index >= 15 is 0 Å². The number of anilines is 1. The third-order valence-electron chi connectivity index (χ3n) is 4.07. The predicted octanol–water partition coefficient (Wildman–Crippen LogP) is 2.45. The standard InChI is InChI=1S/C17H24N2O3/c1-12-5-4-8-19(11-12)17(21)14-6-7-15(13(2)9-14)18-10-16(20)22-3/h6-7,9,12,18H,4-5,8,10-11H2,1-3H3/t12-/m0/s1. The van der Waals surface area contributed by atoms with Crippen LogP contribution in [-0.4, -0.2) is 43.5 Å². The normalized spacial score (nSPS) is 18.0. The number of rotatable bonds is 4. The van der Waals surface area contributed by atoms with Gasteiger partial charge < -0.3 is 15.0 Å². The number of methoxy groups -OCH3 is 1. The minimum absolute atomic E-state index is 0.0918. The van der Waals surface area contributed by atoms with E-state index in [0.717, 1.165) is 30.8 Å². The van der Waals surface area contributed by atoms with Crippen molar-refractivity contribution in [1.82, 2.24) is 4.90 Å². The molecular formula is C17H24N2O3. The lowest BCUT2D eigenvalue weighted by atomic mass is 9.99. The molecule has 0 radical (unpaired) electrons. The average molecular weight is 304 g/mol. The van der Waals surface area contributed by atoms with E-state index in [1.165, 1.54) is 13.5 Å². The number of aryl methyl sites for hydroxylation is 1. The Hall–Kier alpha value is -2.04. The molecule has 0 aromatic heterocycles. The molecule has 1 heterocycles. The molecule has 1 saturated heterocycles. The fourth-order valence-corrected chi connectivity index (χ4v) is 2.79. The summed E-state index contributed by atoms with van der Waals surface area (Å²) < 4.78 is 4.60. The topological polar surface area (TPSA) is 58.6 Å². The first-order valence-corrected chi connectivity index (χ1v) is 7.72. The Labute approximate surface area is 131 Å². The number of hydrogen-bond acceptors (Lipinski definition) is 4. The van der Waals surface area contributed by atoms with Crippen LogP contribution in [0.1, 0.15) is 35.7 Å². The van der Waals surface area contributed by atoms with E-state index in [4.69, 9.17) is 0 Å². The van der Waals surface area contributed by atoms with Crippen LogP contribution in [0.25, 0.3) is 0 Å². The van der Waals surface area contributed by atoms with Crippen LogP contribution in [0.5, 0.6) is 0 Å². The first-order chi connectivity index (χ1) is 10.5. The summed E-state index contributed by atoms with van der Waals surface area (Å²) in [5.41, 5.74) is 2.49. The van der Waals surface area contributed by atoms with Gasteiger partial charge in [-0.1, -0.05) is 6.92 Å². The van der Waals surface area contributed by atoms with Crippen molar-refractivity contribution in [3.8, 4) is 0 Å². The second kappa shape index (κ2) is 7.29. The number of benzene rings is 1. The van der Waals surface area contributed by atoms with Gasteiger partial charge in [0.1, 0.15) is 6.54 Å². The summed E-state index contributed by atoms with van der Waals surface area (Å²) in [5.74, 6) is 0.343. The molecule has 1 amide bonds. The van der Waals surface area contributed by atoms with E-state index < -0.39 is 0 Å². The predicted molar refractivity (Wildman–Crippen MR) is 86.0 cm³/mol.